The second kappa shape index (κ2) is 6.05. The molecule has 0 saturated heterocycles. The van der Waals surface area contributed by atoms with Gasteiger partial charge in [0.2, 0.25) is 0 Å². The Kier molecular flexibility index (Phi) is 4.99. The number of carbonyl (C=O) groups is 1. The first kappa shape index (κ1) is 11.5. The standard InChI is InChI=1S/C12H22O2/c1-3-7-12(13)14-10(2)11-8-5-4-6-9-11/h10-11H,3-9H2,1-2H3. The van der Waals surface area contributed by atoms with Crippen molar-refractivity contribution >= 4 is 5.97 Å². The summed E-state index contributed by atoms with van der Waals surface area (Å²) in [5, 5.41) is 0. The number of hydrogen-bond acceptors (Lipinski definition) is 2. The molecule has 0 aromatic rings. The highest BCUT2D eigenvalue weighted by Gasteiger charge is 2.22. The van der Waals surface area contributed by atoms with Crippen LogP contribution in [0.5, 0.6) is 0 Å². The minimum atomic E-state index is -0.0226. The Labute approximate surface area is 87.0 Å². The van der Waals surface area contributed by atoms with Crippen LogP contribution in [0.2, 0.25) is 0 Å². The Balaban J connectivity index is 2.25. The zero-order valence-electron chi connectivity index (χ0n) is 9.42. The van der Waals surface area contributed by atoms with Gasteiger partial charge in [-0.3, -0.25) is 4.79 Å². The second-order valence-corrected chi connectivity index (χ2v) is 4.34. The Morgan fingerprint density at radius 1 is 1.36 bits per heavy atom. The first-order valence-electron chi connectivity index (χ1n) is 5.93. The van der Waals surface area contributed by atoms with E-state index in [2.05, 4.69) is 0 Å². The zero-order chi connectivity index (χ0) is 10.4. The summed E-state index contributed by atoms with van der Waals surface area (Å²) < 4.78 is 5.39. The summed E-state index contributed by atoms with van der Waals surface area (Å²) in [7, 11) is 0. The molecule has 1 unspecified atom stereocenters. The zero-order valence-corrected chi connectivity index (χ0v) is 9.42. The van der Waals surface area contributed by atoms with Crippen LogP contribution >= 0.6 is 0 Å². The molecule has 0 bridgehead atoms. The van der Waals surface area contributed by atoms with Crippen LogP contribution in [-0.2, 0) is 9.53 Å². The quantitative estimate of drug-likeness (QED) is 0.648. The van der Waals surface area contributed by atoms with Crippen LogP contribution in [0.15, 0.2) is 0 Å². The van der Waals surface area contributed by atoms with E-state index in [1.54, 1.807) is 0 Å². The second-order valence-electron chi connectivity index (χ2n) is 4.34. The van der Waals surface area contributed by atoms with Gasteiger partial charge in [-0.15, -0.1) is 0 Å². The van der Waals surface area contributed by atoms with Crippen LogP contribution in [0.1, 0.15) is 58.8 Å². The molecule has 0 radical (unpaired) electrons. The molecule has 0 amide bonds. The third kappa shape index (κ3) is 3.69. The topological polar surface area (TPSA) is 26.3 Å². The minimum Gasteiger partial charge on any atom is -0.462 e. The predicted molar refractivity (Wildman–Crippen MR) is 57.0 cm³/mol. The lowest BCUT2D eigenvalue weighted by Crippen LogP contribution is -2.25. The van der Waals surface area contributed by atoms with Crippen molar-refractivity contribution in [3.05, 3.63) is 0 Å². The third-order valence-electron chi connectivity index (χ3n) is 3.09. The predicted octanol–water partition coefficient (Wildman–Crippen LogP) is 3.30. The monoisotopic (exact) mass is 198 g/mol. The molecule has 0 heterocycles. The Morgan fingerprint density at radius 3 is 2.57 bits per heavy atom. The van der Waals surface area contributed by atoms with Gasteiger partial charge in [-0.25, -0.2) is 0 Å². The fourth-order valence-electron chi connectivity index (χ4n) is 2.17. The van der Waals surface area contributed by atoms with Gasteiger partial charge in [0.25, 0.3) is 0 Å². The van der Waals surface area contributed by atoms with E-state index in [9.17, 15) is 4.79 Å². The van der Waals surface area contributed by atoms with E-state index in [4.69, 9.17) is 4.74 Å². The maximum Gasteiger partial charge on any atom is 0.306 e. The molecule has 0 aromatic carbocycles. The summed E-state index contributed by atoms with van der Waals surface area (Å²) in [6, 6.07) is 0. The Bertz CT molecular complexity index is 171. The molecule has 1 rings (SSSR count). The molecule has 1 fully saturated rings. The molecule has 1 atom stereocenters. The van der Waals surface area contributed by atoms with Crippen LogP contribution < -0.4 is 0 Å². The van der Waals surface area contributed by atoms with Crippen LogP contribution in [0.4, 0.5) is 0 Å². The van der Waals surface area contributed by atoms with Crippen molar-refractivity contribution in [2.75, 3.05) is 0 Å². The molecule has 0 aromatic heterocycles. The highest BCUT2D eigenvalue weighted by Crippen LogP contribution is 2.27. The molecule has 0 N–H and O–H groups in total. The summed E-state index contributed by atoms with van der Waals surface area (Å²) in [6.45, 7) is 4.05. The normalized spacial score (nSPS) is 20.4. The number of hydrogen-bond donors (Lipinski definition) is 0. The van der Waals surface area contributed by atoms with Crippen LogP contribution in [-0.4, -0.2) is 12.1 Å². The minimum absolute atomic E-state index is 0.0226. The van der Waals surface area contributed by atoms with Gasteiger partial charge in [0.15, 0.2) is 0 Å². The Morgan fingerprint density at radius 2 is 2.00 bits per heavy atom. The van der Waals surface area contributed by atoms with Gasteiger partial charge in [-0.1, -0.05) is 26.2 Å². The van der Waals surface area contributed by atoms with E-state index < -0.39 is 0 Å². The molecule has 2 heteroatoms. The van der Waals surface area contributed by atoms with Crippen molar-refractivity contribution in [2.45, 2.75) is 64.9 Å². The van der Waals surface area contributed by atoms with Crippen molar-refractivity contribution in [3.63, 3.8) is 0 Å². The van der Waals surface area contributed by atoms with Crippen molar-refractivity contribution < 1.29 is 9.53 Å². The highest BCUT2D eigenvalue weighted by atomic mass is 16.5. The molecule has 14 heavy (non-hydrogen) atoms. The maximum absolute atomic E-state index is 11.3. The molecule has 2 nitrogen and oxygen atoms in total. The number of ether oxygens (including phenoxy) is 1. The van der Waals surface area contributed by atoms with E-state index in [-0.39, 0.29) is 12.1 Å². The molecule has 1 aliphatic rings. The van der Waals surface area contributed by atoms with Crippen molar-refractivity contribution in [3.8, 4) is 0 Å². The molecule has 0 aliphatic heterocycles. The molecule has 0 spiro atoms. The molecule has 1 saturated carbocycles. The summed E-state index contributed by atoms with van der Waals surface area (Å²) in [4.78, 5) is 11.3. The lowest BCUT2D eigenvalue weighted by molar-refractivity contribution is -0.151. The molecule has 82 valence electrons. The van der Waals surface area contributed by atoms with E-state index in [1.807, 2.05) is 13.8 Å². The van der Waals surface area contributed by atoms with Crippen molar-refractivity contribution in [1.29, 1.82) is 0 Å². The van der Waals surface area contributed by atoms with Gasteiger partial charge in [-0.2, -0.15) is 0 Å². The van der Waals surface area contributed by atoms with Crippen molar-refractivity contribution in [1.82, 2.24) is 0 Å². The average molecular weight is 198 g/mol. The van der Waals surface area contributed by atoms with Crippen LogP contribution in [0.3, 0.4) is 0 Å². The smallest absolute Gasteiger partial charge is 0.306 e. The fraction of sp³-hybridized carbons (Fsp3) is 0.917. The molecule has 1 aliphatic carbocycles. The van der Waals surface area contributed by atoms with Gasteiger partial charge in [0.05, 0.1) is 0 Å². The van der Waals surface area contributed by atoms with Crippen LogP contribution in [0, 0.1) is 5.92 Å². The average Bonchev–Trinajstić information content (AvgIpc) is 2.19. The van der Waals surface area contributed by atoms with Gasteiger partial charge < -0.3 is 4.74 Å². The lowest BCUT2D eigenvalue weighted by atomic mass is 9.86. The van der Waals surface area contributed by atoms with E-state index in [0.717, 1.165) is 6.42 Å². The van der Waals surface area contributed by atoms with E-state index in [0.29, 0.717) is 12.3 Å². The summed E-state index contributed by atoms with van der Waals surface area (Å²) in [6.07, 6.45) is 8.02. The fourth-order valence-corrected chi connectivity index (χ4v) is 2.17. The van der Waals surface area contributed by atoms with E-state index in [1.165, 1.54) is 32.1 Å². The number of rotatable bonds is 4. The maximum atomic E-state index is 11.3. The van der Waals surface area contributed by atoms with Crippen molar-refractivity contribution in [2.24, 2.45) is 5.92 Å². The molecular formula is C12H22O2. The first-order chi connectivity index (χ1) is 6.74. The van der Waals surface area contributed by atoms with Gasteiger partial charge in [0, 0.05) is 6.42 Å². The summed E-state index contributed by atoms with van der Waals surface area (Å²) >= 11 is 0. The Hall–Kier alpha value is -0.530. The summed E-state index contributed by atoms with van der Waals surface area (Å²) in [5.74, 6) is 0.593. The third-order valence-corrected chi connectivity index (χ3v) is 3.09. The van der Waals surface area contributed by atoms with Gasteiger partial charge >= 0.3 is 5.97 Å². The van der Waals surface area contributed by atoms with E-state index >= 15 is 0 Å². The lowest BCUT2D eigenvalue weighted by Gasteiger charge is -2.27. The SMILES string of the molecule is CCCC(=O)OC(C)C1CCCCC1. The largest absolute Gasteiger partial charge is 0.462 e. The van der Waals surface area contributed by atoms with Crippen LogP contribution in [0.25, 0.3) is 0 Å². The molecular weight excluding hydrogens is 176 g/mol. The number of esters is 1. The summed E-state index contributed by atoms with van der Waals surface area (Å²) in [5.41, 5.74) is 0. The highest BCUT2D eigenvalue weighted by molar-refractivity contribution is 5.69. The van der Waals surface area contributed by atoms with Gasteiger partial charge in [-0.05, 0) is 32.1 Å². The van der Waals surface area contributed by atoms with Gasteiger partial charge in [0.1, 0.15) is 6.10 Å². The number of carbonyl (C=O) groups excluding carboxylic acids is 1. The first-order valence-corrected chi connectivity index (χ1v) is 5.93.